The maximum atomic E-state index is 10.4. The Balaban J connectivity index is 1.95. The van der Waals surface area contributed by atoms with E-state index in [1.807, 2.05) is 24.3 Å². The Morgan fingerprint density at radius 2 is 1.90 bits per heavy atom. The Bertz CT molecular complexity index is 431. The van der Waals surface area contributed by atoms with E-state index in [0.29, 0.717) is 6.54 Å². The summed E-state index contributed by atoms with van der Waals surface area (Å²) in [5, 5.41) is 10.4. The summed E-state index contributed by atoms with van der Waals surface area (Å²) in [5.41, 5.74) is 1.11. The first-order valence-electron chi connectivity index (χ1n) is 7.18. The van der Waals surface area contributed by atoms with Gasteiger partial charge < -0.3 is 9.84 Å². The van der Waals surface area contributed by atoms with Gasteiger partial charge in [0.1, 0.15) is 5.75 Å². The zero-order valence-electron chi connectivity index (χ0n) is 13.0. The van der Waals surface area contributed by atoms with Crippen molar-refractivity contribution in [3.8, 4) is 5.75 Å². The number of rotatable bonds is 4. The molecule has 1 N–H and O–H groups in total. The molecule has 1 atom stereocenters. The largest absolute Gasteiger partial charge is 0.497 e. The summed E-state index contributed by atoms with van der Waals surface area (Å²) in [5.74, 6) is 0.821. The zero-order chi connectivity index (χ0) is 14.8. The van der Waals surface area contributed by atoms with E-state index in [-0.39, 0.29) is 5.54 Å². The molecule has 0 bridgehead atoms. The highest BCUT2D eigenvalue weighted by atomic mass is 16.5. The highest BCUT2D eigenvalue weighted by Crippen LogP contribution is 2.23. The average Bonchev–Trinajstić information content (AvgIpc) is 2.42. The number of nitrogens with zero attached hydrogens (tertiary/aromatic N) is 2. The predicted octanol–water partition coefficient (Wildman–Crippen LogP) is 1.75. The molecule has 112 valence electrons. The molecule has 20 heavy (non-hydrogen) atoms. The van der Waals surface area contributed by atoms with Crippen molar-refractivity contribution in [1.29, 1.82) is 0 Å². The van der Waals surface area contributed by atoms with Gasteiger partial charge in [-0.3, -0.25) is 9.80 Å². The Kier molecular flexibility index (Phi) is 4.68. The smallest absolute Gasteiger partial charge is 0.118 e. The monoisotopic (exact) mass is 278 g/mol. The maximum absolute atomic E-state index is 10.4. The minimum absolute atomic E-state index is 0.165. The summed E-state index contributed by atoms with van der Waals surface area (Å²) < 4.78 is 5.14. The van der Waals surface area contributed by atoms with Gasteiger partial charge in [0.15, 0.2) is 0 Å². The molecule has 0 saturated carbocycles. The highest BCUT2D eigenvalue weighted by Gasteiger charge is 2.31. The number of benzene rings is 1. The molecule has 0 aliphatic carbocycles. The van der Waals surface area contributed by atoms with Gasteiger partial charge in [-0.15, -0.1) is 0 Å². The van der Waals surface area contributed by atoms with Gasteiger partial charge in [0.05, 0.1) is 13.2 Å². The van der Waals surface area contributed by atoms with Crippen LogP contribution in [0.4, 0.5) is 0 Å². The lowest BCUT2D eigenvalue weighted by Gasteiger charge is -2.45. The summed E-state index contributed by atoms with van der Waals surface area (Å²) in [6, 6.07) is 7.66. The molecule has 4 nitrogen and oxygen atoms in total. The van der Waals surface area contributed by atoms with Crippen LogP contribution in [0.1, 0.15) is 25.5 Å². The molecule has 0 radical (unpaired) electrons. The Hall–Kier alpha value is -1.10. The van der Waals surface area contributed by atoms with Crippen LogP contribution in [-0.2, 0) is 0 Å². The molecular formula is C16H26N2O2. The number of aliphatic hydroxyl groups is 1. The molecule has 0 spiro atoms. The molecule has 1 aliphatic heterocycles. The van der Waals surface area contributed by atoms with Crippen LogP contribution in [0.3, 0.4) is 0 Å². The van der Waals surface area contributed by atoms with Crippen molar-refractivity contribution >= 4 is 0 Å². The normalized spacial score (nSPS) is 21.6. The number of likely N-dealkylation sites (N-methyl/N-ethyl adjacent to an activating group) is 1. The molecule has 4 heteroatoms. The zero-order valence-corrected chi connectivity index (χ0v) is 13.0. The number of ether oxygens (including phenoxy) is 1. The molecule has 1 saturated heterocycles. The number of aliphatic hydroxyl groups excluding tert-OH is 1. The summed E-state index contributed by atoms with van der Waals surface area (Å²) >= 11 is 0. The van der Waals surface area contributed by atoms with Crippen molar-refractivity contribution in [2.75, 3.05) is 40.3 Å². The maximum Gasteiger partial charge on any atom is 0.118 e. The number of piperazine rings is 1. The second-order valence-electron chi connectivity index (χ2n) is 6.26. The summed E-state index contributed by atoms with van der Waals surface area (Å²) in [4.78, 5) is 4.72. The van der Waals surface area contributed by atoms with Gasteiger partial charge in [0.25, 0.3) is 0 Å². The van der Waals surface area contributed by atoms with Crippen molar-refractivity contribution in [3.05, 3.63) is 29.8 Å². The first-order chi connectivity index (χ1) is 9.42. The fourth-order valence-corrected chi connectivity index (χ4v) is 2.67. The van der Waals surface area contributed by atoms with Crippen LogP contribution in [0.5, 0.6) is 5.75 Å². The Morgan fingerprint density at radius 3 is 2.45 bits per heavy atom. The first kappa shape index (κ1) is 15.3. The van der Waals surface area contributed by atoms with Crippen molar-refractivity contribution in [2.45, 2.75) is 25.5 Å². The predicted molar refractivity (Wildman–Crippen MR) is 81.1 cm³/mol. The molecule has 1 aliphatic rings. The Labute approximate surface area is 122 Å². The van der Waals surface area contributed by atoms with Crippen LogP contribution in [0.2, 0.25) is 0 Å². The van der Waals surface area contributed by atoms with Crippen LogP contribution in [0, 0.1) is 0 Å². The molecule has 1 heterocycles. The van der Waals surface area contributed by atoms with E-state index in [1.54, 1.807) is 7.11 Å². The SMILES string of the molecule is COc1ccc(C(O)CN2CCN(C)C(C)(C)C2)cc1. The topological polar surface area (TPSA) is 35.9 Å². The molecule has 1 aromatic rings. The summed E-state index contributed by atoms with van der Waals surface area (Å²) in [7, 11) is 3.81. The third kappa shape index (κ3) is 3.51. The van der Waals surface area contributed by atoms with E-state index < -0.39 is 6.10 Å². The minimum Gasteiger partial charge on any atom is -0.497 e. The Morgan fingerprint density at radius 1 is 1.25 bits per heavy atom. The van der Waals surface area contributed by atoms with Gasteiger partial charge in [-0.25, -0.2) is 0 Å². The van der Waals surface area contributed by atoms with E-state index in [1.165, 1.54) is 0 Å². The number of β-amino-alcohol motifs (C(OH)–C–C–N with tert-alkyl or cyclic N) is 1. The van der Waals surface area contributed by atoms with Crippen LogP contribution >= 0.6 is 0 Å². The lowest BCUT2D eigenvalue weighted by molar-refractivity contribution is 0.0142. The summed E-state index contributed by atoms with van der Waals surface area (Å²) in [6.45, 7) is 8.22. The van der Waals surface area contributed by atoms with Crippen LogP contribution in [-0.4, -0.2) is 60.8 Å². The fraction of sp³-hybridized carbons (Fsp3) is 0.625. The van der Waals surface area contributed by atoms with Crippen LogP contribution in [0.25, 0.3) is 0 Å². The van der Waals surface area contributed by atoms with Gasteiger partial charge in [0, 0.05) is 31.7 Å². The van der Waals surface area contributed by atoms with Gasteiger partial charge in [-0.1, -0.05) is 12.1 Å². The van der Waals surface area contributed by atoms with Gasteiger partial charge >= 0.3 is 0 Å². The van der Waals surface area contributed by atoms with E-state index in [4.69, 9.17) is 4.74 Å². The minimum atomic E-state index is -0.444. The van der Waals surface area contributed by atoms with E-state index in [2.05, 4.69) is 30.7 Å². The number of hydrogen-bond acceptors (Lipinski definition) is 4. The standard InChI is InChI=1S/C16H26N2O2/c1-16(2)12-18(10-9-17(16)3)11-15(19)13-5-7-14(20-4)8-6-13/h5-8,15,19H,9-12H2,1-4H3. The third-order valence-corrected chi connectivity index (χ3v) is 4.33. The second-order valence-corrected chi connectivity index (χ2v) is 6.26. The lowest BCUT2D eigenvalue weighted by atomic mass is 9.99. The molecule has 1 unspecified atom stereocenters. The molecule has 0 amide bonds. The molecule has 1 aromatic carbocycles. The number of hydrogen-bond donors (Lipinski definition) is 1. The van der Waals surface area contributed by atoms with Crippen molar-refractivity contribution in [3.63, 3.8) is 0 Å². The van der Waals surface area contributed by atoms with Gasteiger partial charge in [-0.2, -0.15) is 0 Å². The third-order valence-electron chi connectivity index (χ3n) is 4.33. The quantitative estimate of drug-likeness (QED) is 0.910. The van der Waals surface area contributed by atoms with Gasteiger partial charge in [0.2, 0.25) is 0 Å². The van der Waals surface area contributed by atoms with Crippen molar-refractivity contribution < 1.29 is 9.84 Å². The first-order valence-corrected chi connectivity index (χ1v) is 7.18. The number of methoxy groups -OCH3 is 1. The molecule has 2 rings (SSSR count). The van der Waals surface area contributed by atoms with E-state index >= 15 is 0 Å². The summed E-state index contributed by atoms with van der Waals surface area (Å²) in [6.07, 6.45) is -0.444. The van der Waals surface area contributed by atoms with Crippen LogP contribution in [0.15, 0.2) is 24.3 Å². The fourth-order valence-electron chi connectivity index (χ4n) is 2.67. The molecule has 0 aromatic heterocycles. The van der Waals surface area contributed by atoms with Gasteiger partial charge in [-0.05, 0) is 38.6 Å². The van der Waals surface area contributed by atoms with Crippen LogP contribution < -0.4 is 4.74 Å². The average molecular weight is 278 g/mol. The van der Waals surface area contributed by atoms with E-state index in [9.17, 15) is 5.11 Å². The van der Waals surface area contributed by atoms with E-state index in [0.717, 1.165) is 30.9 Å². The van der Waals surface area contributed by atoms with Crippen molar-refractivity contribution in [2.24, 2.45) is 0 Å². The van der Waals surface area contributed by atoms with Crippen molar-refractivity contribution in [1.82, 2.24) is 9.80 Å². The lowest BCUT2D eigenvalue weighted by Crippen LogP contribution is -2.58. The second kappa shape index (κ2) is 6.12. The molecule has 1 fully saturated rings. The molecular weight excluding hydrogens is 252 g/mol. The highest BCUT2D eigenvalue weighted by molar-refractivity contribution is 5.28.